The highest BCUT2D eigenvalue weighted by atomic mass is 35.5. The molecule has 0 unspecified atom stereocenters. The average molecular weight is 433 g/mol. The predicted molar refractivity (Wildman–Crippen MR) is 109 cm³/mol. The van der Waals surface area contributed by atoms with Crippen LogP contribution in [0.3, 0.4) is 0 Å². The van der Waals surface area contributed by atoms with E-state index < -0.39 is 10.0 Å². The van der Waals surface area contributed by atoms with E-state index in [1.807, 2.05) is 12.1 Å². The Morgan fingerprint density at radius 2 is 1.72 bits per heavy atom. The van der Waals surface area contributed by atoms with Crippen molar-refractivity contribution >= 4 is 27.3 Å². The largest absolute Gasteiger partial charge is 0.497 e. The van der Waals surface area contributed by atoms with Gasteiger partial charge in [0.15, 0.2) is 16.7 Å². The minimum absolute atomic E-state index is 0.0448. The molecule has 4 rings (SSSR count). The Morgan fingerprint density at radius 3 is 2.45 bits per heavy atom. The second-order valence-electron chi connectivity index (χ2n) is 6.20. The third-order valence-corrected chi connectivity index (χ3v) is 6.01. The molecule has 7 nitrogen and oxygen atoms in total. The lowest BCUT2D eigenvalue weighted by atomic mass is 10.1. The summed E-state index contributed by atoms with van der Waals surface area (Å²) in [5, 5.41) is 0.0448. The second kappa shape index (κ2) is 7.81. The first-order valence-electron chi connectivity index (χ1n) is 8.69. The van der Waals surface area contributed by atoms with Crippen molar-refractivity contribution in [3.05, 3.63) is 59.9 Å². The van der Waals surface area contributed by atoms with Crippen LogP contribution in [0.4, 0.5) is 5.69 Å². The summed E-state index contributed by atoms with van der Waals surface area (Å²) >= 11 is 6.14. The molecule has 0 amide bonds. The number of sulfonamides is 1. The maximum absolute atomic E-state index is 12.7. The quantitative estimate of drug-likeness (QED) is 0.613. The van der Waals surface area contributed by atoms with Gasteiger partial charge in [0.05, 0.1) is 17.7 Å². The second-order valence-corrected chi connectivity index (χ2v) is 8.24. The van der Waals surface area contributed by atoms with Crippen LogP contribution in [0.1, 0.15) is 0 Å². The van der Waals surface area contributed by atoms with Crippen molar-refractivity contribution in [3.8, 4) is 28.4 Å². The maximum atomic E-state index is 12.7. The number of hydrogen-bond acceptors (Lipinski definition) is 6. The van der Waals surface area contributed by atoms with Crippen molar-refractivity contribution in [3.63, 3.8) is 0 Å². The highest BCUT2D eigenvalue weighted by Crippen LogP contribution is 2.36. The number of nitrogens with one attached hydrogen (secondary N) is 1. The van der Waals surface area contributed by atoms with Gasteiger partial charge in [0.2, 0.25) is 0 Å². The van der Waals surface area contributed by atoms with E-state index in [1.54, 1.807) is 30.5 Å². The summed E-state index contributed by atoms with van der Waals surface area (Å²) in [6, 6.07) is 13.1. The molecule has 3 aromatic rings. The van der Waals surface area contributed by atoms with E-state index in [-0.39, 0.29) is 15.7 Å². The number of halogens is 1. The SMILES string of the molecule is COc1ccc(S(=O)(=O)Nc2cc(-c3ccc4c(c3)OCCO4)cnc2Cl)cc1. The molecule has 0 fully saturated rings. The Hall–Kier alpha value is -2.97. The molecule has 0 atom stereocenters. The van der Waals surface area contributed by atoms with Gasteiger partial charge in [-0.1, -0.05) is 17.7 Å². The van der Waals surface area contributed by atoms with Gasteiger partial charge in [-0.05, 0) is 48.0 Å². The average Bonchev–Trinajstić information content (AvgIpc) is 2.75. The van der Waals surface area contributed by atoms with Crippen molar-refractivity contribution in [1.82, 2.24) is 4.98 Å². The third kappa shape index (κ3) is 4.08. The smallest absolute Gasteiger partial charge is 0.261 e. The van der Waals surface area contributed by atoms with Gasteiger partial charge in [0, 0.05) is 11.8 Å². The molecule has 0 saturated carbocycles. The maximum Gasteiger partial charge on any atom is 0.261 e. The van der Waals surface area contributed by atoms with Crippen molar-refractivity contribution in [2.24, 2.45) is 0 Å². The zero-order valence-corrected chi connectivity index (χ0v) is 17.0. The molecule has 0 saturated heterocycles. The fourth-order valence-corrected chi connectivity index (χ4v) is 4.12. The van der Waals surface area contributed by atoms with Crippen LogP contribution in [0.25, 0.3) is 11.1 Å². The number of rotatable bonds is 5. The molecule has 1 N–H and O–H groups in total. The first-order valence-corrected chi connectivity index (χ1v) is 10.5. The fraction of sp³-hybridized carbons (Fsp3) is 0.150. The zero-order chi connectivity index (χ0) is 20.4. The van der Waals surface area contributed by atoms with E-state index in [0.29, 0.717) is 36.0 Å². The minimum atomic E-state index is -3.85. The number of ether oxygens (including phenoxy) is 3. The molecule has 1 aromatic heterocycles. The summed E-state index contributed by atoms with van der Waals surface area (Å²) in [5.41, 5.74) is 1.65. The number of benzene rings is 2. The van der Waals surface area contributed by atoms with Crippen LogP contribution >= 0.6 is 11.6 Å². The van der Waals surface area contributed by atoms with Crippen LogP contribution < -0.4 is 18.9 Å². The summed E-state index contributed by atoms with van der Waals surface area (Å²) in [5.74, 6) is 1.86. The van der Waals surface area contributed by atoms with E-state index in [0.717, 1.165) is 5.56 Å². The van der Waals surface area contributed by atoms with Crippen LogP contribution in [0.2, 0.25) is 5.15 Å². The number of aromatic nitrogens is 1. The monoisotopic (exact) mass is 432 g/mol. The molecule has 1 aliphatic rings. The number of fused-ring (bicyclic) bond motifs is 1. The summed E-state index contributed by atoms with van der Waals surface area (Å²) < 4.78 is 44.1. The normalized spacial score (nSPS) is 13.0. The van der Waals surface area contributed by atoms with Crippen LogP contribution in [0, 0.1) is 0 Å². The lowest BCUT2D eigenvalue weighted by molar-refractivity contribution is 0.171. The van der Waals surface area contributed by atoms with Gasteiger partial charge >= 0.3 is 0 Å². The summed E-state index contributed by atoms with van der Waals surface area (Å²) in [4.78, 5) is 4.20. The fourth-order valence-electron chi connectivity index (χ4n) is 2.86. The Labute approximate surface area is 173 Å². The molecular weight excluding hydrogens is 416 g/mol. The summed E-state index contributed by atoms with van der Waals surface area (Å²) in [7, 11) is -2.34. The topological polar surface area (TPSA) is 86.8 Å². The third-order valence-electron chi connectivity index (χ3n) is 4.33. The van der Waals surface area contributed by atoms with E-state index in [2.05, 4.69) is 9.71 Å². The number of anilines is 1. The lowest BCUT2D eigenvalue weighted by Gasteiger charge is -2.19. The van der Waals surface area contributed by atoms with Crippen LogP contribution in [-0.2, 0) is 10.0 Å². The first kappa shape index (κ1) is 19.4. The van der Waals surface area contributed by atoms with E-state index in [1.165, 1.54) is 19.2 Å². The first-order chi connectivity index (χ1) is 14.0. The van der Waals surface area contributed by atoms with Crippen LogP contribution in [0.5, 0.6) is 17.2 Å². The van der Waals surface area contributed by atoms with E-state index in [9.17, 15) is 8.42 Å². The molecule has 9 heteroatoms. The summed E-state index contributed by atoms with van der Waals surface area (Å²) in [6.07, 6.45) is 1.57. The molecule has 29 heavy (non-hydrogen) atoms. The van der Waals surface area contributed by atoms with Crippen molar-refractivity contribution in [2.75, 3.05) is 25.0 Å². The number of hydrogen-bond donors (Lipinski definition) is 1. The van der Waals surface area contributed by atoms with Gasteiger partial charge < -0.3 is 14.2 Å². The predicted octanol–water partition coefficient (Wildman–Crippen LogP) is 3.98. The number of methoxy groups -OCH3 is 1. The van der Waals surface area contributed by atoms with Gasteiger partial charge in [-0.3, -0.25) is 4.72 Å². The highest BCUT2D eigenvalue weighted by Gasteiger charge is 2.18. The van der Waals surface area contributed by atoms with E-state index >= 15 is 0 Å². The van der Waals surface area contributed by atoms with Gasteiger partial charge in [-0.15, -0.1) is 0 Å². The molecule has 2 heterocycles. The molecular formula is C20H17ClN2O5S. The molecule has 0 spiro atoms. The standard InChI is InChI=1S/C20H17ClN2O5S/c1-26-15-3-5-16(6-4-15)29(24,25)23-17-10-14(12-22-20(17)21)13-2-7-18-19(11-13)28-9-8-27-18/h2-7,10-12,23H,8-9H2,1H3. The molecule has 2 aromatic carbocycles. The zero-order valence-electron chi connectivity index (χ0n) is 15.4. The molecule has 150 valence electrons. The Balaban J connectivity index is 1.64. The number of nitrogens with zero attached hydrogens (tertiary/aromatic N) is 1. The summed E-state index contributed by atoms with van der Waals surface area (Å²) in [6.45, 7) is 0.981. The van der Waals surface area contributed by atoms with Crippen molar-refractivity contribution in [2.45, 2.75) is 4.90 Å². The molecule has 0 bridgehead atoms. The van der Waals surface area contributed by atoms with Gasteiger partial charge in [0.1, 0.15) is 19.0 Å². The van der Waals surface area contributed by atoms with Gasteiger partial charge in [0.25, 0.3) is 10.0 Å². The van der Waals surface area contributed by atoms with Gasteiger partial charge in [-0.25, -0.2) is 13.4 Å². The molecule has 0 aliphatic carbocycles. The van der Waals surface area contributed by atoms with Crippen molar-refractivity contribution in [1.29, 1.82) is 0 Å². The highest BCUT2D eigenvalue weighted by molar-refractivity contribution is 7.92. The Kier molecular flexibility index (Phi) is 5.21. The van der Waals surface area contributed by atoms with Gasteiger partial charge in [-0.2, -0.15) is 0 Å². The Bertz CT molecular complexity index is 1150. The minimum Gasteiger partial charge on any atom is -0.497 e. The Morgan fingerprint density at radius 1 is 1.00 bits per heavy atom. The van der Waals surface area contributed by atoms with E-state index in [4.69, 9.17) is 25.8 Å². The molecule has 0 radical (unpaired) electrons. The van der Waals surface area contributed by atoms with Crippen LogP contribution in [0.15, 0.2) is 59.6 Å². The number of pyridine rings is 1. The lowest BCUT2D eigenvalue weighted by Crippen LogP contribution is -2.15. The van der Waals surface area contributed by atoms with Crippen molar-refractivity contribution < 1.29 is 22.6 Å². The van der Waals surface area contributed by atoms with Crippen LogP contribution in [-0.4, -0.2) is 33.7 Å². The molecule has 1 aliphatic heterocycles.